The molecule has 29 heavy (non-hydrogen) atoms. The van der Waals surface area contributed by atoms with E-state index < -0.39 is 0 Å². The molecule has 146 valence electrons. The summed E-state index contributed by atoms with van der Waals surface area (Å²) in [6.07, 6.45) is 6.81. The van der Waals surface area contributed by atoms with Gasteiger partial charge >= 0.3 is 0 Å². The Morgan fingerprint density at radius 3 is 2.69 bits per heavy atom. The summed E-state index contributed by atoms with van der Waals surface area (Å²) >= 11 is 0. The van der Waals surface area contributed by atoms with Gasteiger partial charge in [-0.3, -0.25) is 4.79 Å². The number of amides is 1. The average Bonchev–Trinajstić information content (AvgIpc) is 3.18. The zero-order valence-corrected chi connectivity index (χ0v) is 16.3. The summed E-state index contributed by atoms with van der Waals surface area (Å²) in [6, 6.07) is 18.0. The van der Waals surface area contributed by atoms with Gasteiger partial charge in [-0.2, -0.15) is 0 Å². The van der Waals surface area contributed by atoms with Crippen molar-refractivity contribution in [2.24, 2.45) is 0 Å². The van der Waals surface area contributed by atoms with E-state index in [1.54, 1.807) is 0 Å². The Morgan fingerprint density at radius 2 is 1.93 bits per heavy atom. The first-order valence-corrected chi connectivity index (χ1v) is 9.68. The second-order valence-electron chi connectivity index (χ2n) is 6.95. The number of nitrogens with one attached hydrogen (secondary N) is 3. The largest absolute Gasteiger partial charge is 0.398 e. The summed E-state index contributed by atoms with van der Waals surface area (Å²) in [5, 5.41) is 6.10. The van der Waals surface area contributed by atoms with Gasteiger partial charge in [-0.25, -0.2) is 0 Å². The van der Waals surface area contributed by atoms with E-state index in [0.29, 0.717) is 17.8 Å². The van der Waals surface area contributed by atoms with Crippen molar-refractivity contribution in [3.8, 4) is 11.3 Å². The summed E-state index contributed by atoms with van der Waals surface area (Å²) < 4.78 is 0. The minimum Gasteiger partial charge on any atom is -0.398 e. The summed E-state index contributed by atoms with van der Waals surface area (Å²) in [4.78, 5) is 15.4. The molecule has 1 aromatic heterocycles. The van der Waals surface area contributed by atoms with Crippen molar-refractivity contribution in [2.45, 2.75) is 6.42 Å². The van der Waals surface area contributed by atoms with Crippen LogP contribution in [0.5, 0.6) is 0 Å². The molecule has 0 unspecified atom stereocenters. The number of aromatic amines is 1. The van der Waals surface area contributed by atoms with E-state index in [-0.39, 0.29) is 5.91 Å². The van der Waals surface area contributed by atoms with Crippen molar-refractivity contribution >= 4 is 23.4 Å². The number of allylic oxidation sites excluding steroid dienone is 2. The third kappa shape index (κ3) is 3.80. The summed E-state index contributed by atoms with van der Waals surface area (Å²) in [6.45, 7) is 0.658. The predicted molar refractivity (Wildman–Crippen MR) is 119 cm³/mol. The van der Waals surface area contributed by atoms with Gasteiger partial charge < -0.3 is 21.4 Å². The quantitative estimate of drug-likeness (QED) is 0.399. The Bertz CT molecular complexity index is 1090. The van der Waals surface area contributed by atoms with Gasteiger partial charge in [-0.1, -0.05) is 60.7 Å². The van der Waals surface area contributed by atoms with Gasteiger partial charge in [0.15, 0.2) is 0 Å². The lowest BCUT2D eigenvalue weighted by Gasteiger charge is -2.11. The van der Waals surface area contributed by atoms with Crippen LogP contribution in [0.2, 0.25) is 0 Å². The third-order valence-corrected chi connectivity index (χ3v) is 5.13. The number of carbonyl (C=O) groups is 1. The van der Waals surface area contributed by atoms with Crippen molar-refractivity contribution in [1.29, 1.82) is 0 Å². The Morgan fingerprint density at radius 1 is 1.10 bits per heavy atom. The van der Waals surface area contributed by atoms with Crippen molar-refractivity contribution in [3.63, 3.8) is 0 Å². The number of fused-ring (bicyclic) bond motifs is 1. The molecule has 5 nitrogen and oxygen atoms in total. The molecule has 3 aromatic rings. The second-order valence-corrected chi connectivity index (χ2v) is 6.95. The molecule has 0 aliphatic carbocycles. The van der Waals surface area contributed by atoms with Gasteiger partial charge in [0.2, 0.25) is 0 Å². The number of anilines is 1. The van der Waals surface area contributed by atoms with Crippen LogP contribution in [-0.4, -0.2) is 24.5 Å². The van der Waals surface area contributed by atoms with Crippen molar-refractivity contribution in [3.05, 3.63) is 89.1 Å². The molecule has 0 spiro atoms. The molecule has 0 atom stereocenters. The lowest BCUT2D eigenvalue weighted by atomic mass is 10.0. The molecule has 1 aliphatic heterocycles. The second kappa shape index (κ2) is 8.10. The van der Waals surface area contributed by atoms with Crippen LogP contribution in [0, 0.1) is 0 Å². The Hall–Kier alpha value is -3.73. The fraction of sp³-hybridized carbons (Fsp3) is 0.125. The number of nitrogens with two attached hydrogens (primary N) is 1. The minimum absolute atomic E-state index is 0.0333. The molecule has 5 N–H and O–H groups in total. The highest BCUT2D eigenvalue weighted by Gasteiger charge is 2.20. The highest BCUT2D eigenvalue weighted by molar-refractivity contribution is 5.98. The van der Waals surface area contributed by atoms with Crippen molar-refractivity contribution in [2.75, 3.05) is 19.3 Å². The van der Waals surface area contributed by atoms with Gasteiger partial charge in [-0.05, 0) is 23.3 Å². The highest BCUT2D eigenvalue weighted by atomic mass is 16.1. The fourth-order valence-corrected chi connectivity index (χ4v) is 3.59. The first-order valence-electron chi connectivity index (χ1n) is 9.68. The lowest BCUT2D eigenvalue weighted by molar-refractivity contribution is 0.0946. The van der Waals surface area contributed by atoms with Gasteiger partial charge in [0.05, 0.1) is 5.56 Å². The molecule has 0 fully saturated rings. The SMILES string of the molecule is CN/C(=C/C=C\c1cccc(-c2cc3c([nH]2)CCNC3=O)c1N)c1ccccc1. The predicted octanol–water partition coefficient (Wildman–Crippen LogP) is 3.82. The Labute approximate surface area is 170 Å². The normalized spacial score (nSPS) is 14.0. The van der Waals surface area contributed by atoms with E-state index in [2.05, 4.69) is 27.8 Å². The number of nitrogen functional groups attached to an aromatic ring is 1. The maximum atomic E-state index is 12.0. The number of H-pyrrole nitrogens is 1. The van der Waals surface area contributed by atoms with E-state index in [1.165, 1.54) is 0 Å². The van der Waals surface area contributed by atoms with Crippen LogP contribution in [0.3, 0.4) is 0 Å². The molecule has 2 heterocycles. The van der Waals surface area contributed by atoms with E-state index in [9.17, 15) is 4.79 Å². The molecule has 4 rings (SSSR count). The van der Waals surface area contributed by atoms with Gasteiger partial charge in [0.1, 0.15) is 0 Å². The molecule has 5 heteroatoms. The van der Waals surface area contributed by atoms with Crippen LogP contribution in [0.1, 0.15) is 27.2 Å². The maximum absolute atomic E-state index is 12.0. The molecule has 2 aromatic carbocycles. The minimum atomic E-state index is -0.0333. The monoisotopic (exact) mass is 384 g/mol. The summed E-state index contributed by atoms with van der Waals surface area (Å²) in [7, 11) is 1.91. The summed E-state index contributed by atoms with van der Waals surface area (Å²) in [5.74, 6) is -0.0333. The first-order chi connectivity index (χ1) is 14.2. The van der Waals surface area contributed by atoms with E-state index in [1.807, 2.05) is 67.7 Å². The molecule has 0 saturated carbocycles. The summed E-state index contributed by atoms with van der Waals surface area (Å²) in [5.41, 5.74) is 13.7. The number of rotatable bonds is 5. The molecule has 1 amide bonds. The Kier molecular flexibility index (Phi) is 5.20. The van der Waals surface area contributed by atoms with E-state index >= 15 is 0 Å². The van der Waals surface area contributed by atoms with Crippen LogP contribution >= 0.6 is 0 Å². The molecule has 0 bridgehead atoms. The molecule has 0 radical (unpaired) electrons. The van der Waals surface area contributed by atoms with Crippen molar-refractivity contribution in [1.82, 2.24) is 15.6 Å². The molecule has 0 saturated heterocycles. The zero-order chi connectivity index (χ0) is 20.2. The standard InChI is InChI=1S/C24H24N4O/c1-26-20(16-7-3-2-4-8-16)12-6-10-17-9-5-11-18(23(17)25)22-15-19-21(28-22)13-14-27-24(19)29/h2-12,15,26,28H,13-14,25H2,1H3,(H,27,29)/b10-6-,20-12+. The fourth-order valence-electron chi connectivity index (χ4n) is 3.59. The van der Waals surface area contributed by atoms with Crippen LogP contribution < -0.4 is 16.4 Å². The number of hydrogen-bond donors (Lipinski definition) is 4. The number of hydrogen-bond acceptors (Lipinski definition) is 3. The molecular formula is C24H24N4O. The van der Waals surface area contributed by atoms with Crippen LogP contribution in [0.15, 0.2) is 66.7 Å². The molecule has 1 aliphatic rings. The topological polar surface area (TPSA) is 82.9 Å². The average molecular weight is 384 g/mol. The zero-order valence-electron chi connectivity index (χ0n) is 16.3. The number of para-hydroxylation sites is 1. The number of aromatic nitrogens is 1. The smallest absolute Gasteiger partial charge is 0.253 e. The van der Waals surface area contributed by atoms with Gasteiger partial charge in [0, 0.05) is 48.3 Å². The van der Waals surface area contributed by atoms with Crippen molar-refractivity contribution < 1.29 is 4.79 Å². The number of benzene rings is 2. The van der Waals surface area contributed by atoms with Crippen LogP contribution in [0.4, 0.5) is 5.69 Å². The number of carbonyl (C=O) groups excluding carboxylic acids is 1. The lowest BCUT2D eigenvalue weighted by Crippen LogP contribution is -2.31. The first kappa shape index (κ1) is 18.6. The third-order valence-electron chi connectivity index (χ3n) is 5.13. The highest BCUT2D eigenvalue weighted by Crippen LogP contribution is 2.31. The van der Waals surface area contributed by atoms with E-state index in [0.717, 1.165) is 40.2 Å². The van der Waals surface area contributed by atoms with Crippen LogP contribution in [0.25, 0.3) is 23.0 Å². The van der Waals surface area contributed by atoms with E-state index in [4.69, 9.17) is 5.73 Å². The van der Waals surface area contributed by atoms with Gasteiger partial charge in [0.25, 0.3) is 5.91 Å². The molecular weight excluding hydrogens is 360 g/mol. The maximum Gasteiger partial charge on any atom is 0.253 e. The van der Waals surface area contributed by atoms with Crippen LogP contribution in [-0.2, 0) is 6.42 Å². The van der Waals surface area contributed by atoms with Gasteiger partial charge in [-0.15, -0.1) is 0 Å². The Balaban J connectivity index is 1.63.